The minimum atomic E-state index is -5.90. The SMILES string of the molecule is C=CCN(CC=C)C(=O)C(F)(F)C(F)(F)F. The molecule has 0 spiro atoms. The van der Waals surface area contributed by atoms with E-state index in [-0.39, 0.29) is 0 Å². The van der Waals surface area contributed by atoms with E-state index in [1.165, 1.54) is 0 Å². The van der Waals surface area contributed by atoms with Crippen molar-refractivity contribution in [3.05, 3.63) is 25.3 Å². The van der Waals surface area contributed by atoms with E-state index >= 15 is 0 Å². The van der Waals surface area contributed by atoms with Gasteiger partial charge in [-0.05, 0) is 0 Å². The fraction of sp³-hybridized carbons (Fsp3) is 0.444. The van der Waals surface area contributed by atoms with Crippen LogP contribution in [0.3, 0.4) is 0 Å². The van der Waals surface area contributed by atoms with Gasteiger partial charge in [-0.1, -0.05) is 12.2 Å². The molecule has 0 saturated carbocycles. The van der Waals surface area contributed by atoms with Crippen LogP contribution in [0.2, 0.25) is 0 Å². The Hall–Kier alpha value is -1.40. The highest BCUT2D eigenvalue weighted by molar-refractivity contribution is 5.84. The van der Waals surface area contributed by atoms with Crippen LogP contribution >= 0.6 is 0 Å². The van der Waals surface area contributed by atoms with Crippen molar-refractivity contribution in [1.82, 2.24) is 4.90 Å². The minimum absolute atomic E-state index is 0.313. The van der Waals surface area contributed by atoms with Gasteiger partial charge in [-0.15, -0.1) is 13.2 Å². The summed E-state index contributed by atoms with van der Waals surface area (Å²) in [4.78, 5) is 11.3. The number of carbonyl (C=O) groups is 1. The molecule has 0 atom stereocenters. The molecular formula is C9H10F5NO. The summed E-state index contributed by atoms with van der Waals surface area (Å²) in [5, 5.41) is 0. The first-order valence-electron chi connectivity index (χ1n) is 4.14. The molecule has 0 aromatic carbocycles. The quantitative estimate of drug-likeness (QED) is 0.536. The van der Waals surface area contributed by atoms with E-state index in [1.807, 2.05) is 0 Å². The van der Waals surface area contributed by atoms with Gasteiger partial charge in [0.05, 0.1) is 0 Å². The van der Waals surface area contributed by atoms with Crippen molar-refractivity contribution in [3.63, 3.8) is 0 Å². The fourth-order valence-electron chi connectivity index (χ4n) is 0.872. The Kier molecular flexibility index (Phi) is 4.64. The Balaban J connectivity index is 4.98. The summed E-state index contributed by atoms with van der Waals surface area (Å²) in [7, 11) is 0. The number of rotatable bonds is 5. The summed E-state index contributed by atoms with van der Waals surface area (Å²) in [6.07, 6.45) is -3.80. The zero-order valence-electron chi connectivity index (χ0n) is 8.23. The van der Waals surface area contributed by atoms with Crippen LogP contribution in [-0.4, -0.2) is 36.0 Å². The summed E-state index contributed by atoms with van der Waals surface area (Å²) in [6.45, 7) is 5.50. The molecular weight excluding hydrogens is 233 g/mol. The lowest BCUT2D eigenvalue weighted by atomic mass is 10.2. The third kappa shape index (κ3) is 3.04. The molecule has 0 radical (unpaired) electrons. The first-order chi connectivity index (χ1) is 7.18. The highest BCUT2D eigenvalue weighted by Crippen LogP contribution is 2.36. The smallest absolute Gasteiger partial charge is 0.330 e. The van der Waals surface area contributed by atoms with Crippen LogP contribution in [-0.2, 0) is 4.79 Å². The molecule has 0 aromatic rings. The van der Waals surface area contributed by atoms with Gasteiger partial charge in [0.25, 0.3) is 0 Å². The van der Waals surface area contributed by atoms with Gasteiger partial charge in [0.1, 0.15) is 0 Å². The zero-order chi connectivity index (χ0) is 13.0. The molecule has 0 rings (SSSR count). The Morgan fingerprint density at radius 2 is 1.44 bits per heavy atom. The van der Waals surface area contributed by atoms with Gasteiger partial charge in [-0.3, -0.25) is 4.79 Å². The molecule has 0 fully saturated rings. The van der Waals surface area contributed by atoms with Crippen LogP contribution < -0.4 is 0 Å². The molecule has 0 saturated heterocycles. The van der Waals surface area contributed by atoms with Crippen molar-refractivity contribution >= 4 is 5.91 Å². The van der Waals surface area contributed by atoms with Crippen molar-refractivity contribution in [2.75, 3.05) is 13.1 Å². The van der Waals surface area contributed by atoms with Crippen LogP contribution in [0.25, 0.3) is 0 Å². The van der Waals surface area contributed by atoms with Crippen molar-refractivity contribution in [2.24, 2.45) is 0 Å². The predicted molar refractivity (Wildman–Crippen MR) is 48.0 cm³/mol. The Morgan fingerprint density at radius 3 is 1.69 bits per heavy atom. The molecule has 0 heterocycles. The third-order valence-corrected chi connectivity index (χ3v) is 1.61. The van der Waals surface area contributed by atoms with E-state index in [9.17, 15) is 26.7 Å². The second-order valence-corrected chi connectivity index (χ2v) is 2.86. The lowest BCUT2D eigenvalue weighted by Gasteiger charge is -2.26. The lowest BCUT2D eigenvalue weighted by Crippen LogP contribution is -2.52. The van der Waals surface area contributed by atoms with Crippen LogP contribution in [0.15, 0.2) is 25.3 Å². The third-order valence-electron chi connectivity index (χ3n) is 1.61. The van der Waals surface area contributed by atoms with Crippen molar-refractivity contribution < 1.29 is 26.7 Å². The highest BCUT2D eigenvalue weighted by atomic mass is 19.4. The molecule has 92 valence electrons. The average molecular weight is 243 g/mol. The molecule has 0 aliphatic heterocycles. The van der Waals surface area contributed by atoms with Crippen molar-refractivity contribution in [2.45, 2.75) is 12.1 Å². The summed E-state index contributed by atoms with van der Waals surface area (Å²) >= 11 is 0. The molecule has 0 aliphatic rings. The summed E-state index contributed by atoms with van der Waals surface area (Å²) < 4.78 is 60.9. The van der Waals surface area contributed by atoms with Gasteiger partial charge in [0.2, 0.25) is 0 Å². The van der Waals surface area contributed by atoms with Gasteiger partial charge in [-0.25, -0.2) is 0 Å². The van der Waals surface area contributed by atoms with Crippen molar-refractivity contribution in [1.29, 1.82) is 0 Å². The van der Waals surface area contributed by atoms with Gasteiger partial charge in [0.15, 0.2) is 0 Å². The summed E-state index contributed by atoms with van der Waals surface area (Å²) in [6, 6.07) is 0. The van der Waals surface area contributed by atoms with E-state index in [1.54, 1.807) is 0 Å². The summed E-state index contributed by atoms with van der Waals surface area (Å²) in [5.74, 6) is -7.70. The van der Waals surface area contributed by atoms with E-state index in [4.69, 9.17) is 0 Å². The molecule has 16 heavy (non-hydrogen) atoms. The minimum Gasteiger partial charge on any atom is -0.330 e. The maximum Gasteiger partial charge on any atom is 0.463 e. The first kappa shape index (κ1) is 14.6. The van der Waals surface area contributed by atoms with E-state index in [2.05, 4.69) is 13.2 Å². The monoisotopic (exact) mass is 243 g/mol. The topological polar surface area (TPSA) is 20.3 Å². The number of amides is 1. The zero-order valence-corrected chi connectivity index (χ0v) is 8.23. The van der Waals surface area contributed by atoms with Crippen molar-refractivity contribution in [3.8, 4) is 0 Å². The number of carbonyl (C=O) groups excluding carboxylic acids is 1. The maximum atomic E-state index is 12.6. The second-order valence-electron chi connectivity index (χ2n) is 2.86. The standard InChI is InChI=1S/C9H10F5NO/c1-3-5-15(6-4-2)7(16)8(10,11)9(12,13)14/h3-4H,1-2,5-6H2. The van der Waals surface area contributed by atoms with Crippen LogP contribution in [0, 0.1) is 0 Å². The molecule has 0 unspecified atom stereocenters. The average Bonchev–Trinajstić information content (AvgIpc) is 2.14. The number of halogens is 5. The second kappa shape index (κ2) is 5.09. The van der Waals surface area contributed by atoms with E-state index in [0.717, 1.165) is 12.2 Å². The van der Waals surface area contributed by atoms with Gasteiger partial charge < -0.3 is 4.90 Å². The number of hydrogen-bond acceptors (Lipinski definition) is 1. The number of alkyl halides is 5. The molecule has 0 aliphatic carbocycles. The van der Waals surface area contributed by atoms with E-state index < -0.39 is 31.1 Å². The molecule has 2 nitrogen and oxygen atoms in total. The normalized spacial score (nSPS) is 12.1. The molecule has 0 N–H and O–H groups in total. The van der Waals surface area contributed by atoms with Gasteiger partial charge >= 0.3 is 18.0 Å². The molecule has 0 aromatic heterocycles. The first-order valence-corrected chi connectivity index (χ1v) is 4.14. The molecule has 0 bridgehead atoms. The van der Waals surface area contributed by atoms with Gasteiger partial charge in [-0.2, -0.15) is 22.0 Å². The lowest BCUT2D eigenvalue weighted by molar-refractivity contribution is -0.274. The molecule has 1 amide bonds. The number of nitrogens with zero attached hydrogens (tertiary/aromatic N) is 1. The largest absolute Gasteiger partial charge is 0.463 e. The van der Waals surface area contributed by atoms with Crippen LogP contribution in [0.1, 0.15) is 0 Å². The van der Waals surface area contributed by atoms with Gasteiger partial charge in [0, 0.05) is 13.1 Å². The Morgan fingerprint density at radius 1 is 1.06 bits per heavy atom. The Labute approximate surface area is 89.0 Å². The summed E-state index contributed by atoms with van der Waals surface area (Å²) in [5.41, 5.74) is 0. The molecule has 7 heteroatoms. The fourth-order valence-corrected chi connectivity index (χ4v) is 0.872. The highest BCUT2D eigenvalue weighted by Gasteiger charge is 2.64. The number of hydrogen-bond donors (Lipinski definition) is 0. The predicted octanol–water partition coefficient (Wildman–Crippen LogP) is 2.38. The van der Waals surface area contributed by atoms with E-state index in [0.29, 0.717) is 4.90 Å². The Bertz CT molecular complexity index is 274. The van der Waals surface area contributed by atoms with Crippen LogP contribution in [0.4, 0.5) is 22.0 Å². The maximum absolute atomic E-state index is 12.6. The van der Waals surface area contributed by atoms with Crippen LogP contribution in [0.5, 0.6) is 0 Å².